The number of aryl methyl sites for hydroxylation is 1. The molecule has 0 saturated carbocycles. The fraction of sp³-hybridized carbons (Fsp3) is 0.727. The van der Waals surface area contributed by atoms with Crippen LogP contribution in [0.15, 0.2) is 12.4 Å². The van der Waals surface area contributed by atoms with E-state index in [0.29, 0.717) is 12.1 Å². The van der Waals surface area contributed by atoms with Crippen LogP contribution in [-0.4, -0.2) is 27.0 Å². The van der Waals surface area contributed by atoms with Gasteiger partial charge in [-0.15, -0.1) is 0 Å². The fourth-order valence-electron chi connectivity index (χ4n) is 2.38. The van der Waals surface area contributed by atoms with E-state index in [1.165, 1.54) is 25.2 Å². The third kappa shape index (κ3) is 1.57. The zero-order chi connectivity index (χ0) is 10.1. The molecule has 0 amide bonds. The zero-order valence-electron chi connectivity index (χ0n) is 9.27. The summed E-state index contributed by atoms with van der Waals surface area (Å²) in [6.07, 6.45) is 6.48. The fourth-order valence-corrected chi connectivity index (χ4v) is 2.38. The van der Waals surface area contributed by atoms with E-state index in [1.54, 1.807) is 0 Å². The molecule has 1 unspecified atom stereocenters. The number of hydrogen-bond acceptors (Lipinski definition) is 2. The second-order valence-corrected chi connectivity index (χ2v) is 4.39. The van der Waals surface area contributed by atoms with Gasteiger partial charge in [0.05, 0.1) is 6.04 Å². The molecule has 0 bridgehead atoms. The maximum absolute atomic E-state index is 4.45. The van der Waals surface area contributed by atoms with Crippen LogP contribution in [0.2, 0.25) is 0 Å². The minimum Gasteiger partial charge on any atom is -0.337 e. The molecular weight excluding hydrogens is 174 g/mol. The number of hydrogen-bond donors (Lipinski definition) is 0. The predicted molar refractivity (Wildman–Crippen MR) is 57.0 cm³/mol. The highest BCUT2D eigenvalue weighted by atomic mass is 15.2. The van der Waals surface area contributed by atoms with Crippen molar-refractivity contribution in [3.63, 3.8) is 0 Å². The molecule has 3 nitrogen and oxygen atoms in total. The van der Waals surface area contributed by atoms with E-state index >= 15 is 0 Å². The first-order valence-electron chi connectivity index (χ1n) is 5.43. The third-order valence-corrected chi connectivity index (χ3v) is 3.11. The van der Waals surface area contributed by atoms with Crippen LogP contribution in [-0.2, 0) is 7.05 Å². The van der Waals surface area contributed by atoms with Crippen LogP contribution in [0.5, 0.6) is 0 Å². The Kier molecular flexibility index (Phi) is 2.59. The van der Waals surface area contributed by atoms with Crippen LogP contribution in [0.1, 0.15) is 38.6 Å². The summed E-state index contributed by atoms with van der Waals surface area (Å²) in [5.74, 6) is 1.22. The summed E-state index contributed by atoms with van der Waals surface area (Å²) < 4.78 is 2.14. The summed E-state index contributed by atoms with van der Waals surface area (Å²) in [5.41, 5.74) is 0. The lowest BCUT2D eigenvalue weighted by Gasteiger charge is -2.27. The van der Waals surface area contributed by atoms with Gasteiger partial charge in [0.1, 0.15) is 5.82 Å². The molecule has 0 spiro atoms. The van der Waals surface area contributed by atoms with Gasteiger partial charge in [-0.3, -0.25) is 4.90 Å². The Balaban J connectivity index is 2.22. The van der Waals surface area contributed by atoms with Gasteiger partial charge in [-0.2, -0.15) is 0 Å². The molecule has 1 aromatic heterocycles. The van der Waals surface area contributed by atoms with Crippen molar-refractivity contribution in [2.75, 3.05) is 6.54 Å². The highest BCUT2D eigenvalue weighted by molar-refractivity contribution is 5.02. The highest BCUT2D eigenvalue weighted by Gasteiger charge is 2.30. The molecule has 0 N–H and O–H groups in total. The molecule has 1 fully saturated rings. The molecule has 1 aliphatic rings. The first-order valence-corrected chi connectivity index (χ1v) is 5.43. The van der Waals surface area contributed by atoms with Gasteiger partial charge in [-0.05, 0) is 33.2 Å². The number of rotatable bonds is 2. The molecule has 0 radical (unpaired) electrons. The quantitative estimate of drug-likeness (QED) is 0.716. The third-order valence-electron chi connectivity index (χ3n) is 3.11. The number of likely N-dealkylation sites (tertiary alicyclic amines) is 1. The standard InChI is InChI=1S/C11H19N3/c1-9(2)14-7-4-5-10(14)11-12-6-8-13(11)3/h6,8-10H,4-5,7H2,1-3H3. The average molecular weight is 193 g/mol. The van der Waals surface area contributed by atoms with Gasteiger partial charge in [-0.25, -0.2) is 4.98 Å². The van der Waals surface area contributed by atoms with Crippen molar-refractivity contribution in [3.8, 4) is 0 Å². The Morgan fingerprint density at radius 2 is 2.29 bits per heavy atom. The summed E-state index contributed by atoms with van der Waals surface area (Å²) in [6.45, 7) is 5.75. The first kappa shape index (κ1) is 9.71. The van der Waals surface area contributed by atoms with Crippen LogP contribution in [0.4, 0.5) is 0 Å². The number of nitrogens with zero attached hydrogens (tertiary/aromatic N) is 3. The van der Waals surface area contributed by atoms with Crippen molar-refractivity contribution in [2.45, 2.75) is 38.8 Å². The smallest absolute Gasteiger partial charge is 0.125 e. The van der Waals surface area contributed by atoms with Gasteiger partial charge < -0.3 is 4.57 Å². The molecule has 78 valence electrons. The Labute approximate surface area is 85.7 Å². The number of aromatic nitrogens is 2. The lowest BCUT2D eigenvalue weighted by Crippen LogP contribution is -2.31. The van der Waals surface area contributed by atoms with E-state index < -0.39 is 0 Å². The second-order valence-electron chi connectivity index (χ2n) is 4.39. The van der Waals surface area contributed by atoms with Crippen LogP contribution >= 0.6 is 0 Å². The summed E-state index contributed by atoms with van der Waals surface area (Å²) >= 11 is 0. The molecule has 1 aliphatic heterocycles. The van der Waals surface area contributed by atoms with Gasteiger partial charge in [0.2, 0.25) is 0 Å². The van der Waals surface area contributed by atoms with E-state index in [-0.39, 0.29) is 0 Å². The summed E-state index contributed by atoms with van der Waals surface area (Å²) in [5, 5.41) is 0. The van der Waals surface area contributed by atoms with Crippen LogP contribution in [0.25, 0.3) is 0 Å². The molecule has 14 heavy (non-hydrogen) atoms. The monoisotopic (exact) mass is 193 g/mol. The molecule has 2 rings (SSSR count). The van der Waals surface area contributed by atoms with Crippen molar-refractivity contribution in [2.24, 2.45) is 7.05 Å². The zero-order valence-corrected chi connectivity index (χ0v) is 9.27. The minimum absolute atomic E-state index is 0.537. The molecule has 0 aromatic carbocycles. The first-order chi connectivity index (χ1) is 6.70. The minimum atomic E-state index is 0.537. The van der Waals surface area contributed by atoms with Crippen LogP contribution in [0.3, 0.4) is 0 Å². The summed E-state index contributed by atoms with van der Waals surface area (Å²) in [6, 6.07) is 1.16. The van der Waals surface area contributed by atoms with Crippen molar-refractivity contribution < 1.29 is 0 Å². The van der Waals surface area contributed by atoms with E-state index in [2.05, 4.69) is 35.3 Å². The number of imidazole rings is 1. The molecule has 1 atom stereocenters. The molecule has 2 heterocycles. The van der Waals surface area contributed by atoms with Crippen molar-refractivity contribution in [1.82, 2.24) is 14.5 Å². The van der Waals surface area contributed by atoms with E-state index in [0.717, 1.165) is 0 Å². The van der Waals surface area contributed by atoms with Crippen molar-refractivity contribution in [3.05, 3.63) is 18.2 Å². The maximum atomic E-state index is 4.45. The van der Waals surface area contributed by atoms with Gasteiger partial charge >= 0.3 is 0 Å². The molecule has 1 saturated heterocycles. The Bertz CT molecular complexity index is 303. The Hall–Kier alpha value is -0.830. The lowest BCUT2D eigenvalue weighted by atomic mass is 10.2. The van der Waals surface area contributed by atoms with Gasteiger partial charge in [-0.1, -0.05) is 0 Å². The molecule has 1 aromatic rings. The molecular formula is C11H19N3. The normalized spacial score (nSPS) is 23.6. The highest BCUT2D eigenvalue weighted by Crippen LogP contribution is 2.31. The largest absolute Gasteiger partial charge is 0.337 e. The van der Waals surface area contributed by atoms with Crippen LogP contribution < -0.4 is 0 Å². The molecule has 3 heteroatoms. The summed E-state index contributed by atoms with van der Waals surface area (Å²) in [7, 11) is 2.08. The van der Waals surface area contributed by atoms with Crippen molar-refractivity contribution in [1.29, 1.82) is 0 Å². The van der Waals surface area contributed by atoms with Gasteiger partial charge in [0.25, 0.3) is 0 Å². The Morgan fingerprint density at radius 1 is 1.50 bits per heavy atom. The van der Waals surface area contributed by atoms with Crippen molar-refractivity contribution >= 4 is 0 Å². The second kappa shape index (κ2) is 3.73. The Morgan fingerprint density at radius 3 is 2.86 bits per heavy atom. The van der Waals surface area contributed by atoms with Gasteiger partial charge in [0.15, 0.2) is 0 Å². The van der Waals surface area contributed by atoms with E-state index in [1.807, 2.05) is 12.4 Å². The van der Waals surface area contributed by atoms with E-state index in [9.17, 15) is 0 Å². The predicted octanol–water partition coefficient (Wildman–Crippen LogP) is 1.97. The average Bonchev–Trinajstić information content (AvgIpc) is 2.70. The lowest BCUT2D eigenvalue weighted by molar-refractivity contribution is 0.196. The van der Waals surface area contributed by atoms with Gasteiger partial charge in [0, 0.05) is 25.5 Å². The van der Waals surface area contributed by atoms with Crippen LogP contribution in [0, 0.1) is 0 Å². The topological polar surface area (TPSA) is 21.1 Å². The maximum Gasteiger partial charge on any atom is 0.125 e. The summed E-state index contributed by atoms with van der Waals surface area (Å²) in [4.78, 5) is 7.00. The van der Waals surface area contributed by atoms with E-state index in [4.69, 9.17) is 0 Å². The SMILES string of the molecule is CC(C)N1CCCC1c1nccn1C. The molecule has 0 aliphatic carbocycles.